The van der Waals surface area contributed by atoms with E-state index in [-0.39, 0.29) is 23.6 Å². The molecule has 1 aliphatic carbocycles. The number of carbonyl (C=O) groups is 2. The molecule has 1 saturated heterocycles. The molecule has 262 valence electrons. The molecule has 0 aromatic heterocycles. The number of benzene rings is 3. The van der Waals surface area contributed by atoms with E-state index in [1.165, 1.54) is 12.0 Å². The molecule has 2 atom stereocenters. The zero-order chi connectivity index (χ0) is 36.1. The second kappa shape index (κ2) is 13.1. The van der Waals surface area contributed by atoms with Crippen molar-refractivity contribution in [3.8, 4) is 16.9 Å². The summed E-state index contributed by atoms with van der Waals surface area (Å²) in [7, 11) is 2.87. The van der Waals surface area contributed by atoms with Crippen LogP contribution in [0.1, 0.15) is 84.3 Å². The summed E-state index contributed by atoms with van der Waals surface area (Å²) >= 11 is 0. The third-order valence-electron chi connectivity index (χ3n) is 9.35. The molecule has 0 bridgehead atoms. The normalized spacial score (nSPS) is 19.6. The number of aryl methyl sites for hydroxylation is 1. The van der Waals surface area contributed by atoms with Crippen LogP contribution < -0.4 is 4.74 Å². The fraction of sp³-hybridized carbons (Fsp3) is 0.405. The molecule has 2 aliphatic rings. The van der Waals surface area contributed by atoms with Crippen molar-refractivity contribution in [2.45, 2.75) is 71.5 Å². The zero-order valence-corrected chi connectivity index (χ0v) is 27.9. The van der Waals surface area contributed by atoms with Gasteiger partial charge in [0, 0.05) is 12.1 Å². The lowest BCUT2D eigenvalue weighted by Crippen LogP contribution is -2.35. The van der Waals surface area contributed by atoms with E-state index in [2.05, 4.69) is 13.8 Å². The third kappa shape index (κ3) is 7.43. The number of ether oxygens (including phenoxy) is 3. The van der Waals surface area contributed by atoms with Crippen molar-refractivity contribution in [3.63, 3.8) is 0 Å². The van der Waals surface area contributed by atoms with Gasteiger partial charge in [-0.15, -0.1) is 0 Å². The van der Waals surface area contributed by atoms with E-state index in [9.17, 15) is 35.9 Å². The molecule has 1 aliphatic heterocycles. The third-order valence-corrected chi connectivity index (χ3v) is 9.35. The van der Waals surface area contributed by atoms with Gasteiger partial charge in [-0.3, -0.25) is 4.90 Å². The SMILES string of the molecule is COC(=O)c1ccc(-c2cc(C3=C(CN4C(=O)O[C@H](c5cc(C(F)(F)F)cc(C(F)(F)F)c5)[C@@H]4C)CC(C)(C)CC3)c(OC)cc2C)cc1. The van der Waals surface area contributed by atoms with Gasteiger partial charge >= 0.3 is 24.4 Å². The maximum atomic E-state index is 13.6. The molecule has 0 radical (unpaired) electrons. The van der Waals surface area contributed by atoms with Crippen LogP contribution in [0.25, 0.3) is 16.7 Å². The Morgan fingerprint density at radius 2 is 1.55 bits per heavy atom. The van der Waals surface area contributed by atoms with Gasteiger partial charge in [-0.2, -0.15) is 26.3 Å². The fourth-order valence-electron chi connectivity index (χ4n) is 6.70. The summed E-state index contributed by atoms with van der Waals surface area (Å²) in [6.45, 7) is 7.75. The molecule has 3 aromatic carbocycles. The molecular formula is C37H37F6NO5. The Morgan fingerprint density at radius 1 is 0.939 bits per heavy atom. The fourth-order valence-corrected chi connectivity index (χ4v) is 6.70. The van der Waals surface area contributed by atoms with Gasteiger partial charge in [0.25, 0.3) is 0 Å². The van der Waals surface area contributed by atoms with Crippen molar-refractivity contribution in [2.75, 3.05) is 20.8 Å². The van der Waals surface area contributed by atoms with Crippen molar-refractivity contribution in [2.24, 2.45) is 5.41 Å². The Hall–Kier alpha value is -4.48. The first-order valence-corrected chi connectivity index (χ1v) is 15.7. The van der Waals surface area contributed by atoms with Gasteiger partial charge in [-0.25, -0.2) is 9.59 Å². The lowest BCUT2D eigenvalue weighted by Gasteiger charge is -2.36. The van der Waals surface area contributed by atoms with E-state index in [1.54, 1.807) is 26.2 Å². The molecule has 5 rings (SSSR count). The number of alkyl halides is 6. The number of nitrogens with zero attached hydrogens (tertiary/aromatic N) is 1. The quantitative estimate of drug-likeness (QED) is 0.183. The van der Waals surface area contributed by atoms with Gasteiger partial charge in [-0.05, 0) is 114 Å². The number of halogens is 6. The maximum absolute atomic E-state index is 13.6. The van der Waals surface area contributed by atoms with Crippen molar-refractivity contribution in [3.05, 3.63) is 93.6 Å². The van der Waals surface area contributed by atoms with Crippen molar-refractivity contribution in [1.82, 2.24) is 4.90 Å². The molecular weight excluding hydrogens is 652 g/mol. The predicted octanol–water partition coefficient (Wildman–Crippen LogP) is 10.0. The van der Waals surface area contributed by atoms with E-state index >= 15 is 0 Å². The Morgan fingerprint density at radius 3 is 2.10 bits per heavy atom. The summed E-state index contributed by atoms with van der Waals surface area (Å²) in [5, 5.41) is 0. The smallest absolute Gasteiger partial charge is 0.416 e. The van der Waals surface area contributed by atoms with E-state index in [0.717, 1.165) is 39.8 Å². The summed E-state index contributed by atoms with van der Waals surface area (Å²) in [4.78, 5) is 26.6. The number of hydrogen-bond donors (Lipinski definition) is 0. The van der Waals surface area contributed by atoms with Crippen LogP contribution in [0.5, 0.6) is 5.75 Å². The number of methoxy groups -OCH3 is 2. The minimum atomic E-state index is -5.04. The highest BCUT2D eigenvalue weighted by Gasteiger charge is 2.44. The minimum Gasteiger partial charge on any atom is -0.496 e. The van der Waals surface area contributed by atoms with Gasteiger partial charge in [0.1, 0.15) is 11.9 Å². The van der Waals surface area contributed by atoms with Crippen LogP contribution in [0.4, 0.5) is 31.1 Å². The van der Waals surface area contributed by atoms with Crippen LogP contribution in [0.2, 0.25) is 0 Å². The lowest BCUT2D eigenvalue weighted by atomic mass is 9.72. The molecule has 6 nitrogen and oxygen atoms in total. The number of allylic oxidation sites excluding steroid dienone is 1. The van der Waals surface area contributed by atoms with Gasteiger partial charge in [0.05, 0.1) is 37.0 Å². The summed E-state index contributed by atoms with van der Waals surface area (Å²) in [5.74, 6) is 0.155. The number of esters is 1. The summed E-state index contributed by atoms with van der Waals surface area (Å²) < 4.78 is 97.9. The zero-order valence-electron chi connectivity index (χ0n) is 27.9. The topological polar surface area (TPSA) is 65.1 Å². The van der Waals surface area contributed by atoms with Gasteiger partial charge < -0.3 is 14.2 Å². The van der Waals surface area contributed by atoms with E-state index in [4.69, 9.17) is 14.2 Å². The Balaban J connectivity index is 1.55. The van der Waals surface area contributed by atoms with Gasteiger partial charge in [0.2, 0.25) is 0 Å². The average molecular weight is 690 g/mol. The molecule has 0 unspecified atom stereocenters. The predicted molar refractivity (Wildman–Crippen MR) is 171 cm³/mol. The maximum Gasteiger partial charge on any atom is 0.416 e. The first kappa shape index (κ1) is 35.8. The largest absolute Gasteiger partial charge is 0.496 e. The molecule has 3 aromatic rings. The van der Waals surface area contributed by atoms with E-state index < -0.39 is 47.7 Å². The molecule has 1 amide bonds. The van der Waals surface area contributed by atoms with Gasteiger partial charge in [0.15, 0.2) is 0 Å². The van der Waals surface area contributed by atoms with Crippen LogP contribution >= 0.6 is 0 Å². The second-order valence-corrected chi connectivity index (χ2v) is 13.4. The highest BCUT2D eigenvalue weighted by Crippen LogP contribution is 2.47. The minimum absolute atomic E-state index is 0.0561. The van der Waals surface area contributed by atoms with Crippen LogP contribution in [-0.2, 0) is 21.8 Å². The van der Waals surface area contributed by atoms with E-state index in [1.807, 2.05) is 31.2 Å². The highest BCUT2D eigenvalue weighted by molar-refractivity contribution is 5.90. The molecule has 0 spiro atoms. The molecule has 0 saturated carbocycles. The number of cyclic esters (lactones) is 1. The molecule has 1 fully saturated rings. The Bertz CT molecular complexity index is 1760. The first-order chi connectivity index (χ1) is 22.8. The van der Waals surface area contributed by atoms with Crippen molar-refractivity contribution in [1.29, 1.82) is 0 Å². The monoisotopic (exact) mass is 689 g/mol. The van der Waals surface area contributed by atoms with Crippen molar-refractivity contribution < 1.29 is 50.1 Å². The van der Waals surface area contributed by atoms with Crippen LogP contribution in [0.15, 0.2) is 60.2 Å². The molecule has 12 heteroatoms. The van der Waals surface area contributed by atoms with Gasteiger partial charge in [-0.1, -0.05) is 26.0 Å². The van der Waals surface area contributed by atoms with Crippen LogP contribution in [0.3, 0.4) is 0 Å². The standard InChI is InChI=1S/C37H37F6NO5/c1-20-13-31(47-5)30(17-29(20)22-7-9-23(10-8-22)33(45)48-6)28-11-12-35(3,4)18-25(28)19-44-21(2)32(49-34(44)46)24-14-26(36(38,39)40)16-27(15-24)37(41,42)43/h7-10,13-17,21,32H,11-12,18-19H2,1-6H3/t21-,32-/m0/s1. The average Bonchev–Trinajstić information content (AvgIpc) is 3.31. The Kier molecular flexibility index (Phi) is 9.57. The van der Waals surface area contributed by atoms with E-state index in [0.29, 0.717) is 36.3 Å². The van der Waals surface area contributed by atoms with Crippen LogP contribution in [-0.4, -0.2) is 43.8 Å². The highest BCUT2D eigenvalue weighted by atomic mass is 19.4. The number of amides is 1. The first-order valence-electron chi connectivity index (χ1n) is 15.7. The summed E-state index contributed by atoms with van der Waals surface area (Å²) in [6, 6.07) is 11.3. The number of carbonyl (C=O) groups excluding carboxylic acids is 2. The Labute approximate surface area is 280 Å². The van der Waals surface area contributed by atoms with Crippen molar-refractivity contribution >= 4 is 17.6 Å². The number of hydrogen-bond acceptors (Lipinski definition) is 5. The lowest BCUT2D eigenvalue weighted by molar-refractivity contribution is -0.143. The molecule has 1 heterocycles. The second-order valence-electron chi connectivity index (χ2n) is 13.4. The molecule has 49 heavy (non-hydrogen) atoms. The number of rotatable bonds is 7. The van der Waals surface area contributed by atoms with Crippen LogP contribution in [0, 0.1) is 12.3 Å². The summed E-state index contributed by atoms with van der Waals surface area (Å²) in [5.41, 5.74) is 2.21. The molecule has 0 N–H and O–H groups in total. The summed E-state index contributed by atoms with van der Waals surface area (Å²) in [6.07, 6.45) is -10.2.